The molecule has 2 aromatic heterocycles. The first-order valence-electron chi connectivity index (χ1n) is 5.11. The number of halogens is 3. The molecule has 0 bridgehead atoms. The van der Waals surface area contributed by atoms with Gasteiger partial charge >= 0.3 is 0 Å². The van der Waals surface area contributed by atoms with Crippen molar-refractivity contribution in [2.24, 2.45) is 0 Å². The molecular formula is C12H6Cl2FN3. The van der Waals surface area contributed by atoms with Gasteiger partial charge < -0.3 is 4.98 Å². The monoisotopic (exact) mass is 281 g/mol. The Kier molecular flexibility index (Phi) is 2.69. The number of aromatic amines is 1. The zero-order valence-corrected chi connectivity index (χ0v) is 10.4. The molecule has 1 aromatic carbocycles. The normalized spacial score (nSPS) is 11.1. The van der Waals surface area contributed by atoms with Crippen LogP contribution in [0, 0.1) is 5.82 Å². The second kappa shape index (κ2) is 4.23. The predicted molar refractivity (Wildman–Crippen MR) is 69.3 cm³/mol. The van der Waals surface area contributed by atoms with Crippen molar-refractivity contribution in [3.8, 4) is 11.3 Å². The Morgan fingerprint density at radius 3 is 2.89 bits per heavy atom. The van der Waals surface area contributed by atoms with Gasteiger partial charge in [-0.3, -0.25) is 0 Å². The molecule has 0 unspecified atom stereocenters. The van der Waals surface area contributed by atoms with Crippen LogP contribution in [-0.4, -0.2) is 15.0 Å². The molecule has 3 rings (SSSR count). The SMILES string of the molecule is Fc1cccc2[nH]cc(-c3nc(Cl)ncc3Cl)c12. The van der Waals surface area contributed by atoms with Crippen molar-refractivity contribution in [3.05, 3.63) is 46.7 Å². The van der Waals surface area contributed by atoms with E-state index in [4.69, 9.17) is 23.2 Å². The van der Waals surface area contributed by atoms with Gasteiger partial charge in [-0.2, -0.15) is 0 Å². The highest BCUT2D eigenvalue weighted by atomic mass is 35.5. The van der Waals surface area contributed by atoms with Crippen molar-refractivity contribution >= 4 is 34.1 Å². The van der Waals surface area contributed by atoms with Crippen LogP contribution in [0.4, 0.5) is 4.39 Å². The summed E-state index contributed by atoms with van der Waals surface area (Å²) in [5, 5.41) is 0.831. The highest BCUT2D eigenvalue weighted by Crippen LogP contribution is 2.33. The van der Waals surface area contributed by atoms with Crippen molar-refractivity contribution in [1.82, 2.24) is 15.0 Å². The van der Waals surface area contributed by atoms with E-state index in [2.05, 4.69) is 15.0 Å². The lowest BCUT2D eigenvalue weighted by Gasteiger charge is -2.02. The van der Waals surface area contributed by atoms with E-state index >= 15 is 0 Å². The quantitative estimate of drug-likeness (QED) is 0.683. The van der Waals surface area contributed by atoms with Crippen LogP contribution in [0.25, 0.3) is 22.2 Å². The fourth-order valence-corrected chi connectivity index (χ4v) is 2.19. The fraction of sp³-hybridized carbons (Fsp3) is 0. The number of hydrogen-bond donors (Lipinski definition) is 1. The zero-order valence-electron chi connectivity index (χ0n) is 8.92. The number of fused-ring (bicyclic) bond motifs is 1. The summed E-state index contributed by atoms with van der Waals surface area (Å²) in [5.41, 5.74) is 1.65. The third-order valence-corrected chi connectivity index (χ3v) is 3.08. The number of aromatic nitrogens is 3. The van der Waals surface area contributed by atoms with Crippen LogP contribution < -0.4 is 0 Å². The average Bonchev–Trinajstić information content (AvgIpc) is 2.77. The van der Waals surface area contributed by atoms with Gasteiger partial charge in [0, 0.05) is 22.7 Å². The predicted octanol–water partition coefficient (Wildman–Crippen LogP) is 4.07. The van der Waals surface area contributed by atoms with E-state index in [1.165, 1.54) is 12.3 Å². The Morgan fingerprint density at radius 2 is 2.06 bits per heavy atom. The van der Waals surface area contributed by atoms with E-state index < -0.39 is 0 Å². The van der Waals surface area contributed by atoms with Gasteiger partial charge in [0.05, 0.1) is 16.9 Å². The van der Waals surface area contributed by atoms with E-state index in [1.54, 1.807) is 18.3 Å². The lowest BCUT2D eigenvalue weighted by molar-refractivity contribution is 0.640. The van der Waals surface area contributed by atoms with E-state index in [9.17, 15) is 4.39 Å². The van der Waals surface area contributed by atoms with Gasteiger partial charge in [0.15, 0.2) is 0 Å². The number of H-pyrrole nitrogens is 1. The molecule has 6 heteroatoms. The molecule has 0 radical (unpaired) electrons. The Morgan fingerprint density at radius 1 is 1.22 bits per heavy atom. The topological polar surface area (TPSA) is 41.6 Å². The second-order valence-electron chi connectivity index (χ2n) is 3.70. The molecule has 0 aliphatic carbocycles. The van der Waals surface area contributed by atoms with E-state index in [1.807, 2.05) is 0 Å². The molecule has 0 atom stereocenters. The van der Waals surface area contributed by atoms with E-state index in [0.29, 0.717) is 27.2 Å². The Balaban J connectivity index is 2.35. The van der Waals surface area contributed by atoms with Gasteiger partial charge in [0.25, 0.3) is 0 Å². The molecule has 3 aromatic rings. The highest BCUT2D eigenvalue weighted by molar-refractivity contribution is 6.34. The van der Waals surface area contributed by atoms with Crippen molar-refractivity contribution in [3.63, 3.8) is 0 Å². The molecule has 0 fully saturated rings. The lowest BCUT2D eigenvalue weighted by atomic mass is 10.1. The lowest BCUT2D eigenvalue weighted by Crippen LogP contribution is -1.89. The van der Waals surface area contributed by atoms with Gasteiger partial charge in [-0.15, -0.1) is 0 Å². The second-order valence-corrected chi connectivity index (χ2v) is 4.45. The molecule has 0 saturated carbocycles. The first-order valence-corrected chi connectivity index (χ1v) is 5.86. The first kappa shape index (κ1) is 11.4. The minimum atomic E-state index is -0.338. The summed E-state index contributed by atoms with van der Waals surface area (Å²) in [6.45, 7) is 0. The Labute approximate surface area is 112 Å². The molecular weight excluding hydrogens is 276 g/mol. The average molecular weight is 282 g/mol. The van der Waals surface area contributed by atoms with Gasteiger partial charge in [0.2, 0.25) is 5.28 Å². The molecule has 0 spiro atoms. The van der Waals surface area contributed by atoms with Crippen molar-refractivity contribution in [2.45, 2.75) is 0 Å². The smallest absolute Gasteiger partial charge is 0.222 e. The van der Waals surface area contributed by atoms with Crippen LogP contribution in [0.15, 0.2) is 30.6 Å². The highest BCUT2D eigenvalue weighted by Gasteiger charge is 2.14. The minimum Gasteiger partial charge on any atom is -0.360 e. The summed E-state index contributed by atoms with van der Waals surface area (Å²) in [4.78, 5) is 10.8. The van der Waals surface area contributed by atoms with Crippen molar-refractivity contribution in [1.29, 1.82) is 0 Å². The first-order chi connectivity index (χ1) is 8.66. The molecule has 0 saturated heterocycles. The maximum Gasteiger partial charge on any atom is 0.222 e. The summed E-state index contributed by atoms with van der Waals surface area (Å²) < 4.78 is 13.9. The van der Waals surface area contributed by atoms with Crippen LogP contribution >= 0.6 is 23.2 Å². The number of rotatable bonds is 1. The van der Waals surface area contributed by atoms with Crippen molar-refractivity contribution in [2.75, 3.05) is 0 Å². The number of hydrogen-bond acceptors (Lipinski definition) is 2. The standard InChI is InChI=1S/C12H6Cl2FN3/c13-7-5-17-12(14)18-11(7)6-4-16-9-3-1-2-8(15)10(6)9/h1-5,16H. The molecule has 0 amide bonds. The number of benzene rings is 1. The van der Waals surface area contributed by atoms with Gasteiger partial charge in [-0.1, -0.05) is 17.7 Å². The third kappa shape index (κ3) is 1.74. The molecule has 3 nitrogen and oxygen atoms in total. The van der Waals surface area contributed by atoms with Gasteiger partial charge in [-0.25, -0.2) is 14.4 Å². The Bertz CT molecular complexity index is 739. The zero-order chi connectivity index (χ0) is 12.7. The molecule has 1 N–H and O–H groups in total. The van der Waals surface area contributed by atoms with Gasteiger partial charge in [0.1, 0.15) is 5.82 Å². The maximum absolute atomic E-state index is 13.9. The summed E-state index contributed by atoms with van der Waals surface area (Å²) in [5.74, 6) is -0.338. The van der Waals surface area contributed by atoms with Gasteiger partial charge in [-0.05, 0) is 23.7 Å². The fourth-order valence-electron chi connectivity index (χ4n) is 1.86. The maximum atomic E-state index is 13.9. The molecule has 2 heterocycles. The minimum absolute atomic E-state index is 0.0695. The molecule has 0 aliphatic heterocycles. The van der Waals surface area contributed by atoms with E-state index in [-0.39, 0.29) is 11.1 Å². The molecule has 0 aliphatic rings. The largest absolute Gasteiger partial charge is 0.360 e. The molecule has 90 valence electrons. The van der Waals surface area contributed by atoms with E-state index in [0.717, 1.165) is 0 Å². The molecule has 18 heavy (non-hydrogen) atoms. The van der Waals surface area contributed by atoms with Crippen LogP contribution in [0.1, 0.15) is 0 Å². The summed E-state index contributed by atoms with van der Waals surface area (Å²) >= 11 is 11.8. The summed E-state index contributed by atoms with van der Waals surface area (Å²) in [6.07, 6.45) is 3.05. The number of nitrogens with one attached hydrogen (secondary N) is 1. The summed E-state index contributed by atoms with van der Waals surface area (Å²) in [6, 6.07) is 4.79. The van der Waals surface area contributed by atoms with Crippen LogP contribution in [0.5, 0.6) is 0 Å². The van der Waals surface area contributed by atoms with Crippen LogP contribution in [-0.2, 0) is 0 Å². The third-order valence-electron chi connectivity index (χ3n) is 2.62. The number of nitrogens with zero attached hydrogens (tertiary/aromatic N) is 2. The van der Waals surface area contributed by atoms with Crippen LogP contribution in [0.2, 0.25) is 10.3 Å². The van der Waals surface area contributed by atoms with Crippen molar-refractivity contribution < 1.29 is 4.39 Å². The van der Waals surface area contributed by atoms with Crippen LogP contribution in [0.3, 0.4) is 0 Å². The summed E-state index contributed by atoms with van der Waals surface area (Å²) in [7, 11) is 0. The Hall–Kier alpha value is -1.65.